The third-order valence-corrected chi connectivity index (χ3v) is 2.81. The van der Waals surface area contributed by atoms with E-state index in [2.05, 4.69) is 19.1 Å². The van der Waals surface area contributed by atoms with Crippen molar-refractivity contribution in [1.82, 2.24) is 0 Å². The molecular weight excluding hydrogens is 176 g/mol. The van der Waals surface area contributed by atoms with Crippen molar-refractivity contribution in [3.05, 3.63) is 29.3 Å². The van der Waals surface area contributed by atoms with Gasteiger partial charge in [0.1, 0.15) is 5.75 Å². The van der Waals surface area contributed by atoms with Gasteiger partial charge in [0.05, 0.1) is 6.61 Å². The van der Waals surface area contributed by atoms with Crippen molar-refractivity contribution in [3.63, 3.8) is 0 Å². The van der Waals surface area contributed by atoms with Gasteiger partial charge in [0.2, 0.25) is 0 Å². The van der Waals surface area contributed by atoms with Crippen LogP contribution in [-0.2, 0) is 0 Å². The summed E-state index contributed by atoms with van der Waals surface area (Å²) in [5.41, 5.74) is 2.53. The SMILES string of the molecule is Cc1ccc2c(c1)[C@@H](CCO)CCO2. The number of fused-ring (bicyclic) bond motifs is 1. The Kier molecular flexibility index (Phi) is 2.73. The molecule has 0 saturated heterocycles. The maximum Gasteiger partial charge on any atom is 0.122 e. The van der Waals surface area contributed by atoms with E-state index in [1.165, 1.54) is 11.1 Å². The minimum Gasteiger partial charge on any atom is -0.493 e. The van der Waals surface area contributed by atoms with Crippen molar-refractivity contribution in [1.29, 1.82) is 0 Å². The number of hydrogen-bond acceptors (Lipinski definition) is 2. The van der Waals surface area contributed by atoms with Crippen molar-refractivity contribution in [3.8, 4) is 5.75 Å². The predicted octanol–water partition coefficient (Wildman–Crippen LogP) is 2.24. The first-order chi connectivity index (χ1) is 6.81. The molecule has 0 aliphatic carbocycles. The fraction of sp³-hybridized carbons (Fsp3) is 0.500. The van der Waals surface area contributed by atoms with E-state index in [0.717, 1.165) is 25.2 Å². The molecule has 1 aliphatic rings. The summed E-state index contributed by atoms with van der Waals surface area (Å²) in [5, 5.41) is 8.97. The average Bonchev–Trinajstić information content (AvgIpc) is 2.19. The van der Waals surface area contributed by atoms with Crippen LogP contribution in [0.4, 0.5) is 0 Å². The fourth-order valence-electron chi connectivity index (χ4n) is 2.04. The molecule has 0 amide bonds. The van der Waals surface area contributed by atoms with Gasteiger partial charge in [-0.3, -0.25) is 0 Å². The molecule has 0 saturated carbocycles. The summed E-state index contributed by atoms with van der Waals surface area (Å²) < 4.78 is 5.57. The first-order valence-corrected chi connectivity index (χ1v) is 5.15. The number of aliphatic hydroxyl groups is 1. The number of aryl methyl sites for hydroxylation is 1. The molecule has 0 bridgehead atoms. The van der Waals surface area contributed by atoms with E-state index >= 15 is 0 Å². The van der Waals surface area contributed by atoms with E-state index in [0.29, 0.717) is 5.92 Å². The van der Waals surface area contributed by atoms with Crippen LogP contribution in [0.2, 0.25) is 0 Å². The molecule has 0 unspecified atom stereocenters. The number of ether oxygens (including phenoxy) is 1. The normalized spacial score (nSPS) is 20.0. The van der Waals surface area contributed by atoms with Crippen LogP contribution in [0, 0.1) is 6.92 Å². The van der Waals surface area contributed by atoms with E-state index in [1.54, 1.807) is 0 Å². The topological polar surface area (TPSA) is 29.5 Å². The van der Waals surface area contributed by atoms with Crippen LogP contribution < -0.4 is 4.74 Å². The maximum atomic E-state index is 8.97. The average molecular weight is 192 g/mol. The molecule has 14 heavy (non-hydrogen) atoms. The summed E-state index contributed by atoms with van der Waals surface area (Å²) in [7, 11) is 0. The molecule has 2 nitrogen and oxygen atoms in total. The molecule has 0 radical (unpaired) electrons. The van der Waals surface area contributed by atoms with E-state index in [4.69, 9.17) is 9.84 Å². The molecule has 1 atom stereocenters. The van der Waals surface area contributed by atoms with E-state index < -0.39 is 0 Å². The van der Waals surface area contributed by atoms with Crippen molar-refractivity contribution < 1.29 is 9.84 Å². The molecule has 0 aromatic heterocycles. The van der Waals surface area contributed by atoms with Gasteiger partial charge < -0.3 is 9.84 Å². The largest absolute Gasteiger partial charge is 0.493 e. The molecule has 1 N–H and O–H groups in total. The Bertz CT molecular complexity index is 320. The van der Waals surface area contributed by atoms with Crippen molar-refractivity contribution in [2.24, 2.45) is 0 Å². The molecule has 0 spiro atoms. The summed E-state index contributed by atoms with van der Waals surface area (Å²) in [4.78, 5) is 0. The van der Waals surface area contributed by atoms with Crippen molar-refractivity contribution in [2.45, 2.75) is 25.7 Å². The van der Waals surface area contributed by atoms with Gasteiger partial charge in [-0.1, -0.05) is 17.7 Å². The van der Waals surface area contributed by atoms with Gasteiger partial charge in [-0.15, -0.1) is 0 Å². The summed E-state index contributed by atoms with van der Waals surface area (Å²) in [6, 6.07) is 6.28. The monoisotopic (exact) mass is 192 g/mol. The second-order valence-corrected chi connectivity index (χ2v) is 3.89. The van der Waals surface area contributed by atoms with Crippen molar-refractivity contribution in [2.75, 3.05) is 13.2 Å². The molecule has 1 aromatic rings. The number of benzene rings is 1. The zero-order valence-corrected chi connectivity index (χ0v) is 8.49. The van der Waals surface area contributed by atoms with Crippen LogP contribution in [0.3, 0.4) is 0 Å². The zero-order chi connectivity index (χ0) is 9.97. The fourth-order valence-corrected chi connectivity index (χ4v) is 2.04. The van der Waals surface area contributed by atoms with E-state index in [1.807, 2.05) is 6.07 Å². The van der Waals surface area contributed by atoms with Crippen LogP contribution in [-0.4, -0.2) is 18.3 Å². The summed E-state index contributed by atoms with van der Waals surface area (Å²) in [5.74, 6) is 1.48. The van der Waals surface area contributed by atoms with Gasteiger partial charge in [0, 0.05) is 6.61 Å². The van der Waals surface area contributed by atoms with Gasteiger partial charge >= 0.3 is 0 Å². The van der Waals surface area contributed by atoms with Crippen molar-refractivity contribution >= 4 is 0 Å². The first-order valence-electron chi connectivity index (χ1n) is 5.15. The second kappa shape index (κ2) is 4.01. The van der Waals surface area contributed by atoms with Gasteiger partial charge in [-0.05, 0) is 37.3 Å². The zero-order valence-electron chi connectivity index (χ0n) is 8.49. The highest BCUT2D eigenvalue weighted by Crippen LogP contribution is 2.35. The van der Waals surface area contributed by atoms with Gasteiger partial charge in [-0.25, -0.2) is 0 Å². The molecule has 0 fully saturated rings. The van der Waals surface area contributed by atoms with Crippen LogP contribution in [0.15, 0.2) is 18.2 Å². The van der Waals surface area contributed by atoms with Crippen LogP contribution >= 0.6 is 0 Å². The highest BCUT2D eigenvalue weighted by Gasteiger charge is 2.20. The first kappa shape index (κ1) is 9.53. The third kappa shape index (κ3) is 1.75. The Balaban J connectivity index is 2.32. The van der Waals surface area contributed by atoms with E-state index in [-0.39, 0.29) is 6.61 Å². The highest BCUT2D eigenvalue weighted by atomic mass is 16.5. The lowest BCUT2D eigenvalue weighted by Gasteiger charge is -2.25. The van der Waals surface area contributed by atoms with Crippen LogP contribution in [0.5, 0.6) is 5.75 Å². The van der Waals surface area contributed by atoms with Gasteiger partial charge in [-0.2, -0.15) is 0 Å². The molecule has 1 heterocycles. The highest BCUT2D eigenvalue weighted by molar-refractivity contribution is 5.40. The quantitative estimate of drug-likeness (QED) is 0.778. The minimum absolute atomic E-state index is 0.262. The van der Waals surface area contributed by atoms with Crippen LogP contribution in [0.25, 0.3) is 0 Å². The standard InChI is InChI=1S/C12H16O2/c1-9-2-3-12-11(8-9)10(4-6-13)5-7-14-12/h2-3,8,10,13H,4-7H2,1H3/t10-/m0/s1. The smallest absolute Gasteiger partial charge is 0.122 e. The van der Waals surface area contributed by atoms with Gasteiger partial charge in [0.15, 0.2) is 0 Å². The summed E-state index contributed by atoms with van der Waals surface area (Å²) in [6.07, 6.45) is 1.87. The van der Waals surface area contributed by atoms with Gasteiger partial charge in [0.25, 0.3) is 0 Å². The molecule has 76 valence electrons. The Morgan fingerprint density at radius 3 is 3.14 bits per heavy atom. The van der Waals surface area contributed by atoms with Crippen LogP contribution in [0.1, 0.15) is 29.9 Å². The lowest BCUT2D eigenvalue weighted by molar-refractivity contribution is 0.230. The predicted molar refractivity (Wildman–Crippen MR) is 55.7 cm³/mol. The number of aliphatic hydroxyl groups excluding tert-OH is 1. The number of rotatable bonds is 2. The summed E-state index contributed by atoms with van der Waals surface area (Å²) in [6.45, 7) is 3.13. The lowest BCUT2D eigenvalue weighted by Crippen LogP contribution is -2.15. The molecule has 2 rings (SSSR count). The molecular formula is C12H16O2. The molecule has 1 aliphatic heterocycles. The third-order valence-electron chi connectivity index (χ3n) is 2.81. The maximum absolute atomic E-state index is 8.97. The van der Waals surface area contributed by atoms with E-state index in [9.17, 15) is 0 Å². The second-order valence-electron chi connectivity index (χ2n) is 3.89. The number of hydrogen-bond donors (Lipinski definition) is 1. The lowest BCUT2D eigenvalue weighted by atomic mass is 9.89. The minimum atomic E-state index is 0.262. The molecule has 1 aromatic carbocycles. The Labute approximate surface area is 84.5 Å². The Morgan fingerprint density at radius 2 is 2.36 bits per heavy atom. The molecule has 2 heteroatoms. The Morgan fingerprint density at radius 1 is 1.50 bits per heavy atom. The summed E-state index contributed by atoms with van der Waals surface area (Å²) >= 11 is 0. The Hall–Kier alpha value is -1.02.